The van der Waals surface area contributed by atoms with E-state index in [4.69, 9.17) is 4.74 Å². The summed E-state index contributed by atoms with van der Waals surface area (Å²) in [4.78, 5) is 17.1. The van der Waals surface area contributed by atoms with E-state index in [1.54, 1.807) is 6.07 Å². The van der Waals surface area contributed by atoms with Crippen LogP contribution in [0.3, 0.4) is 0 Å². The molecule has 0 aliphatic carbocycles. The first-order chi connectivity index (χ1) is 14.7. The Morgan fingerprint density at radius 2 is 1.90 bits per heavy atom. The summed E-state index contributed by atoms with van der Waals surface area (Å²) in [5.74, 6) is -4.05. The third-order valence-corrected chi connectivity index (χ3v) is 4.69. The van der Waals surface area contributed by atoms with E-state index >= 15 is 0 Å². The first kappa shape index (κ1) is 20.8. The van der Waals surface area contributed by atoms with Gasteiger partial charge in [-0.3, -0.25) is 4.79 Å². The Labute approximate surface area is 172 Å². The summed E-state index contributed by atoms with van der Waals surface area (Å²) in [6.45, 7) is 0.439. The maximum absolute atomic E-state index is 14.4. The normalized spacial score (nSPS) is 16.5. The zero-order valence-corrected chi connectivity index (χ0v) is 15.7. The first-order valence-electron chi connectivity index (χ1n) is 9.13. The van der Waals surface area contributed by atoms with Gasteiger partial charge in [0, 0.05) is 18.5 Å². The van der Waals surface area contributed by atoms with Gasteiger partial charge in [-0.05, 0) is 30.3 Å². The summed E-state index contributed by atoms with van der Waals surface area (Å²) in [5, 5.41) is 3.20. The average molecular weight is 439 g/mol. The molecule has 2 heterocycles. The Kier molecular flexibility index (Phi) is 5.34. The molecule has 1 saturated heterocycles. The molecule has 1 aliphatic heterocycles. The van der Waals surface area contributed by atoms with Gasteiger partial charge in [-0.25, -0.2) is 8.78 Å². The summed E-state index contributed by atoms with van der Waals surface area (Å²) in [6, 6.07) is 9.06. The molecular formula is C20H14F5N3O3. The molecule has 0 spiro atoms. The van der Waals surface area contributed by atoms with E-state index in [0.29, 0.717) is 13.0 Å². The predicted molar refractivity (Wildman–Crippen MR) is 96.0 cm³/mol. The fourth-order valence-corrected chi connectivity index (χ4v) is 3.18. The number of ether oxygens (including phenoxy) is 1. The lowest BCUT2D eigenvalue weighted by Crippen LogP contribution is -2.31. The van der Waals surface area contributed by atoms with Gasteiger partial charge in [0.1, 0.15) is 11.9 Å². The molecule has 3 aromatic rings. The Morgan fingerprint density at radius 3 is 2.58 bits per heavy atom. The molecule has 11 heteroatoms. The molecule has 2 aromatic carbocycles. The molecule has 0 N–H and O–H groups in total. The second-order valence-electron chi connectivity index (χ2n) is 6.83. The van der Waals surface area contributed by atoms with Gasteiger partial charge in [-0.1, -0.05) is 17.3 Å². The third kappa shape index (κ3) is 4.35. The number of alkyl halides is 3. The van der Waals surface area contributed by atoms with Crippen molar-refractivity contribution >= 4 is 5.91 Å². The summed E-state index contributed by atoms with van der Waals surface area (Å²) < 4.78 is 75.7. The summed E-state index contributed by atoms with van der Waals surface area (Å²) in [5.41, 5.74) is -0.0797. The molecule has 1 amide bonds. The van der Waals surface area contributed by atoms with Crippen LogP contribution in [0.4, 0.5) is 22.0 Å². The number of nitrogens with zero attached hydrogens (tertiary/aromatic N) is 3. The van der Waals surface area contributed by atoms with E-state index in [0.717, 1.165) is 6.07 Å². The third-order valence-electron chi connectivity index (χ3n) is 4.69. The molecule has 31 heavy (non-hydrogen) atoms. The van der Waals surface area contributed by atoms with Crippen molar-refractivity contribution in [2.24, 2.45) is 0 Å². The molecule has 1 aliphatic rings. The number of hydrogen-bond donors (Lipinski definition) is 0. The highest BCUT2D eigenvalue weighted by molar-refractivity contribution is 5.94. The number of aromatic nitrogens is 2. The minimum Gasteiger partial charge on any atom is -0.485 e. The van der Waals surface area contributed by atoms with Crippen molar-refractivity contribution in [3.8, 4) is 17.1 Å². The second kappa shape index (κ2) is 7.97. The number of carbonyl (C=O) groups excluding carboxylic acids is 1. The molecule has 1 unspecified atom stereocenters. The van der Waals surface area contributed by atoms with Crippen molar-refractivity contribution in [1.82, 2.24) is 15.0 Å². The molecule has 1 atom stereocenters. The van der Waals surface area contributed by atoms with Gasteiger partial charge in [0.05, 0.1) is 12.1 Å². The van der Waals surface area contributed by atoms with Crippen LogP contribution in [0, 0.1) is 11.6 Å². The number of carbonyl (C=O) groups is 1. The van der Waals surface area contributed by atoms with Gasteiger partial charge in [0.25, 0.3) is 5.91 Å². The Morgan fingerprint density at radius 1 is 1.13 bits per heavy atom. The van der Waals surface area contributed by atoms with Crippen molar-refractivity contribution in [3.05, 3.63) is 65.6 Å². The first-order valence-corrected chi connectivity index (χ1v) is 9.13. The average Bonchev–Trinajstić information content (AvgIpc) is 3.39. The number of amides is 1. The molecule has 1 fully saturated rings. The highest BCUT2D eigenvalue weighted by Gasteiger charge is 2.38. The highest BCUT2D eigenvalue weighted by Crippen LogP contribution is 2.31. The minimum atomic E-state index is -4.80. The fraction of sp³-hybridized carbons (Fsp3) is 0.250. The van der Waals surface area contributed by atoms with Crippen molar-refractivity contribution in [1.29, 1.82) is 0 Å². The fourth-order valence-electron chi connectivity index (χ4n) is 3.18. The molecule has 1 aromatic heterocycles. The number of rotatable bonds is 4. The molecular weight excluding hydrogens is 425 g/mol. The number of halogens is 5. The number of benzene rings is 2. The van der Waals surface area contributed by atoms with Gasteiger partial charge >= 0.3 is 12.1 Å². The molecule has 0 saturated carbocycles. The Balaban J connectivity index is 1.43. The maximum atomic E-state index is 14.4. The predicted octanol–water partition coefficient (Wildman–Crippen LogP) is 4.33. The van der Waals surface area contributed by atoms with Gasteiger partial charge in [-0.2, -0.15) is 18.2 Å². The van der Waals surface area contributed by atoms with E-state index in [-0.39, 0.29) is 23.4 Å². The Bertz CT molecular complexity index is 1120. The lowest BCUT2D eigenvalue weighted by atomic mass is 10.2. The van der Waals surface area contributed by atoms with E-state index in [1.807, 2.05) is 0 Å². The lowest BCUT2D eigenvalue weighted by Gasteiger charge is -2.18. The van der Waals surface area contributed by atoms with Crippen LogP contribution < -0.4 is 4.74 Å². The zero-order valence-electron chi connectivity index (χ0n) is 15.7. The molecule has 0 radical (unpaired) electrons. The number of hydrogen-bond acceptors (Lipinski definition) is 5. The summed E-state index contributed by atoms with van der Waals surface area (Å²) in [6.07, 6.45) is -4.93. The summed E-state index contributed by atoms with van der Waals surface area (Å²) >= 11 is 0. The molecule has 6 nitrogen and oxygen atoms in total. The highest BCUT2D eigenvalue weighted by atomic mass is 19.4. The van der Waals surface area contributed by atoms with Crippen LogP contribution in [-0.2, 0) is 6.18 Å². The van der Waals surface area contributed by atoms with Crippen LogP contribution in [0.2, 0.25) is 0 Å². The van der Waals surface area contributed by atoms with Crippen LogP contribution in [0.1, 0.15) is 22.7 Å². The quantitative estimate of drug-likeness (QED) is 0.567. The molecule has 4 rings (SSSR count). The van der Waals surface area contributed by atoms with Gasteiger partial charge in [0.2, 0.25) is 5.82 Å². The standard InChI is InChI=1S/C20H14F5N3O3/c21-14-4-2-1-3-13(14)18(29)28-8-7-12(10-28)30-16-6-5-11(9-15(16)22)17-26-19(31-27-17)20(23,24)25/h1-6,9,12H,7-8,10H2. The van der Waals surface area contributed by atoms with Crippen LogP contribution in [0.5, 0.6) is 5.75 Å². The second-order valence-corrected chi connectivity index (χ2v) is 6.83. The van der Waals surface area contributed by atoms with Crippen molar-refractivity contribution in [2.45, 2.75) is 18.7 Å². The maximum Gasteiger partial charge on any atom is 0.471 e. The lowest BCUT2D eigenvalue weighted by molar-refractivity contribution is -0.159. The van der Waals surface area contributed by atoms with Crippen molar-refractivity contribution in [3.63, 3.8) is 0 Å². The topological polar surface area (TPSA) is 68.5 Å². The van der Waals surface area contributed by atoms with Crippen molar-refractivity contribution < 1.29 is 36.0 Å². The Hall–Kier alpha value is -3.50. The van der Waals surface area contributed by atoms with E-state index < -0.39 is 41.5 Å². The van der Waals surface area contributed by atoms with Crippen LogP contribution in [0.25, 0.3) is 11.4 Å². The SMILES string of the molecule is O=C(c1ccccc1F)N1CCC(Oc2ccc(-c3noc(C(F)(F)F)n3)cc2F)C1. The van der Waals surface area contributed by atoms with E-state index in [2.05, 4.69) is 14.7 Å². The van der Waals surface area contributed by atoms with Crippen molar-refractivity contribution in [2.75, 3.05) is 13.1 Å². The van der Waals surface area contributed by atoms with Crippen LogP contribution >= 0.6 is 0 Å². The summed E-state index contributed by atoms with van der Waals surface area (Å²) in [7, 11) is 0. The van der Waals surface area contributed by atoms with Gasteiger partial charge < -0.3 is 14.2 Å². The van der Waals surface area contributed by atoms with E-state index in [1.165, 1.54) is 35.2 Å². The number of likely N-dealkylation sites (tertiary alicyclic amines) is 1. The van der Waals surface area contributed by atoms with Gasteiger partial charge in [-0.15, -0.1) is 0 Å². The van der Waals surface area contributed by atoms with Crippen LogP contribution in [-0.4, -0.2) is 40.1 Å². The molecule has 0 bridgehead atoms. The smallest absolute Gasteiger partial charge is 0.471 e. The zero-order chi connectivity index (χ0) is 22.2. The molecule has 162 valence electrons. The van der Waals surface area contributed by atoms with Gasteiger partial charge in [0.15, 0.2) is 11.6 Å². The van der Waals surface area contributed by atoms with E-state index in [9.17, 15) is 26.7 Å². The van der Waals surface area contributed by atoms with Crippen LogP contribution in [0.15, 0.2) is 47.0 Å². The monoisotopic (exact) mass is 439 g/mol. The largest absolute Gasteiger partial charge is 0.485 e. The minimum absolute atomic E-state index is 0.0214.